The Kier molecular flexibility index (Phi) is 3.87. The van der Waals surface area contributed by atoms with E-state index < -0.39 is 4.92 Å². The van der Waals surface area contributed by atoms with E-state index in [1.165, 1.54) is 23.3 Å². The highest BCUT2D eigenvalue weighted by Crippen LogP contribution is 2.37. The molecule has 1 N–H and O–H groups in total. The number of halogens is 2. The van der Waals surface area contributed by atoms with Gasteiger partial charge >= 0.3 is 0 Å². The molecule has 108 valence electrons. The zero-order valence-corrected chi connectivity index (χ0v) is 13.3. The number of rotatable bonds is 3. The smallest absolute Gasteiger partial charge is 0.271 e. The molecule has 0 saturated heterocycles. The van der Waals surface area contributed by atoms with Gasteiger partial charge in [-0.05, 0) is 42.2 Å². The van der Waals surface area contributed by atoms with E-state index in [-0.39, 0.29) is 11.7 Å². The van der Waals surface area contributed by atoms with Crippen molar-refractivity contribution in [2.75, 3.05) is 5.32 Å². The van der Waals surface area contributed by atoms with E-state index in [1.807, 2.05) is 6.07 Å². The summed E-state index contributed by atoms with van der Waals surface area (Å²) in [6.45, 7) is 0. The largest absolute Gasteiger partial charge is 0.377 e. The van der Waals surface area contributed by atoms with Crippen molar-refractivity contribution in [2.24, 2.45) is 0 Å². The number of fused-ring (bicyclic) bond motifs is 1. The van der Waals surface area contributed by atoms with Crippen molar-refractivity contribution < 1.29 is 4.92 Å². The maximum absolute atomic E-state index is 10.7. The summed E-state index contributed by atoms with van der Waals surface area (Å²) in [7, 11) is 0. The van der Waals surface area contributed by atoms with E-state index in [0.717, 1.165) is 23.0 Å². The minimum absolute atomic E-state index is 0.00121. The van der Waals surface area contributed by atoms with E-state index in [1.54, 1.807) is 6.07 Å². The zero-order valence-electron chi connectivity index (χ0n) is 11.0. The quantitative estimate of drug-likeness (QED) is 0.606. The van der Waals surface area contributed by atoms with Gasteiger partial charge in [0.05, 0.1) is 21.7 Å². The molecule has 0 aromatic heterocycles. The minimum Gasteiger partial charge on any atom is -0.377 e. The molecule has 21 heavy (non-hydrogen) atoms. The van der Waals surface area contributed by atoms with E-state index in [0.29, 0.717) is 5.02 Å². The number of nitro benzene ring substituents is 1. The molecule has 2 aromatic rings. The number of nitrogens with zero attached hydrogens (tertiary/aromatic N) is 1. The second-order valence-electron chi connectivity index (χ2n) is 5.00. The molecule has 1 aliphatic rings. The highest BCUT2D eigenvalue weighted by Gasteiger charge is 2.23. The molecule has 0 saturated carbocycles. The Bertz CT molecular complexity index is 721. The summed E-state index contributed by atoms with van der Waals surface area (Å²) in [4.78, 5) is 10.3. The van der Waals surface area contributed by atoms with Gasteiger partial charge in [-0.3, -0.25) is 10.1 Å². The number of nitrogens with one attached hydrogen (secondary N) is 1. The van der Waals surface area contributed by atoms with Gasteiger partial charge in [-0.15, -0.1) is 0 Å². The summed E-state index contributed by atoms with van der Waals surface area (Å²) < 4.78 is 1.08. The van der Waals surface area contributed by atoms with Gasteiger partial charge in [-0.2, -0.15) is 0 Å². The van der Waals surface area contributed by atoms with Crippen LogP contribution in [0.15, 0.2) is 40.9 Å². The Balaban J connectivity index is 1.84. The maximum atomic E-state index is 10.7. The molecule has 0 amide bonds. The molecule has 0 aliphatic heterocycles. The Morgan fingerprint density at radius 2 is 2.10 bits per heavy atom. The SMILES string of the molecule is O=[N+]([O-])c1ccc(NC2CCc3cc(Br)ccc32)c(Cl)c1. The predicted molar refractivity (Wildman–Crippen MR) is 86.9 cm³/mol. The van der Waals surface area contributed by atoms with Crippen LogP contribution in [0.5, 0.6) is 0 Å². The lowest BCUT2D eigenvalue weighted by Gasteiger charge is -2.16. The highest BCUT2D eigenvalue weighted by atomic mass is 79.9. The summed E-state index contributed by atoms with van der Waals surface area (Å²) in [5.74, 6) is 0. The van der Waals surface area contributed by atoms with Crippen molar-refractivity contribution in [1.29, 1.82) is 0 Å². The lowest BCUT2D eigenvalue weighted by molar-refractivity contribution is -0.384. The Morgan fingerprint density at radius 1 is 1.29 bits per heavy atom. The average Bonchev–Trinajstić information content (AvgIpc) is 2.83. The van der Waals surface area contributed by atoms with Crippen molar-refractivity contribution in [2.45, 2.75) is 18.9 Å². The highest BCUT2D eigenvalue weighted by molar-refractivity contribution is 9.10. The first kappa shape index (κ1) is 14.4. The molecular formula is C15H12BrClN2O2. The molecule has 0 fully saturated rings. The summed E-state index contributed by atoms with van der Waals surface area (Å²) >= 11 is 9.61. The van der Waals surface area contributed by atoms with Gasteiger partial charge < -0.3 is 5.32 Å². The predicted octanol–water partition coefficient (Wildman–Crippen LogP) is 5.11. The van der Waals surface area contributed by atoms with Crippen LogP contribution in [-0.4, -0.2) is 4.92 Å². The molecule has 0 bridgehead atoms. The third-order valence-electron chi connectivity index (χ3n) is 3.68. The van der Waals surface area contributed by atoms with Crippen LogP contribution in [0, 0.1) is 10.1 Å². The number of benzene rings is 2. The van der Waals surface area contributed by atoms with Crippen LogP contribution in [-0.2, 0) is 6.42 Å². The fourth-order valence-corrected chi connectivity index (χ4v) is 3.30. The Labute approximate surface area is 135 Å². The van der Waals surface area contributed by atoms with Gasteiger partial charge in [0.15, 0.2) is 0 Å². The van der Waals surface area contributed by atoms with Crippen LogP contribution >= 0.6 is 27.5 Å². The van der Waals surface area contributed by atoms with Gasteiger partial charge in [0.25, 0.3) is 5.69 Å². The van der Waals surface area contributed by atoms with E-state index in [4.69, 9.17) is 11.6 Å². The fourth-order valence-electron chi connectivity index (χ4n) is 2.66. The van der Waals surface area contributed by atoms with Crippen LogP contribution in [0.2, 0.25) is 5.02 Å². The number of nitro groups is 1. The first-order chi connectivity index (χ1) is 10.0. The Morgan fingerprint density at radius 3 is 2.81 bits per heavy atom. The van der Waals surface area contributed by atoms with Crippen molar-refractivity contribution in [3.63, 3.8) is 0 Å². The number of hydrogen-bond donors (Lipinski definition) is 1. The molecule has 2 aromatic carbocycles. The number of hydrogen-bond acceptors (Lipinski definition) is 3. The summed E-state index contributed by atoms with van der Waals surface area (Å²) in [6, 6.07) is 10.9. The first-order valence-electron chi connectivity index (χ1n) is 6.53. The number of anilines is 1. The molecule has 0 spiro atoms. The lowest BCUT2D eigenvalue weighted by Crippen LogP contribution is -2.07. The van der Waals surface area contributed by atoms with Gasteiger partial charge in [0, 0.05) is 16.6 Å². The third-order valence-corrected chi connectivity index (χ3v) is 4.48. The van der Waals surface area contributed by atoms with Gasteiger partial charge in [-0.1, -0.05) is 33.6 Å². The van der Waals surface area contributed by atoms with Gasteiger partial charge in [0.2, 0.25) is 0 Å². The molecule has 0 heterocycles. The lowest BCUT2D eigenvalue weighted by atomic mass is 10.1. The molecule has 1 aliphatic carbocycles. The standard InChI is InChI=1S/C15H12BrClN2O2/c16-10-2-4-12-9(7-10)1-5-14(12)18-15-6-3-11(19(20)21)8-13(15)17/h2-4,6-8,14,18H,1,5H2. The molecular weight excluding hydrogens is 356 g/mol. The van der Waals surface area contributed by atoms with E-state index in [2.05, 4.69) is 33.4 Å². The van der Waals surface area contributed by atoms with Crippen LogP contribution in [0.4, 0.5) is 11.4 Å². The van der Waals surface area contributed by atoms with Crippen LogP contribution in [0.1, 0.15) is 23.6 Å². The first-order valence-corrected chi connectivity index (χ1v) is 7.70. The molecule has 1 atom stereocenters. The van der Waals surface area contributed by atoms with Crippen LogP contribution < -0.4 is 5.32 Å². The summed E-state index contributed by atoms with van der Waals surface area (Å²) in [5.41, 5.74) is 3.30. The molecule has 3 rings (SSSR count). The zero-order chi connectivity index (χ0) is 15.0. The average molecular weight is 368 g/mol. The molecule has 0 radical (unpaired) electrons. The normalized spacial score (nSPS) is 16.6. The Hall–Kier alpha value is -1.59. The van der Waals surface area contributed by atoms with Gasteiger partial charge in [0.1, 0.15) is 0 Å². The monoisotopic (exact) mass is 366 g/mol. The van der Waals surface area contributed by atoms with Crippen molar-refractivity contribution in [3.8, 4) is 0 Å². The topological polar surface area (TPSA) is 55.2 Å². The van der Waals surface area contributed by atoms with E-state index >= 15 is 0 Å². The molecule has 6 heteroatoms. The van der Waals surface area contributed by atoms with E-state index in [9.17, 15) is 10.1 Å². The molecule has 4 nitrogen and oxygen atoms in total. The minimum atomic E-state index is -0.446. The number of aryl methyl sites for hydroxylation is 1. The second kappa shape index (κ2) is 5.66. The molecule has 1 unspecified atom stereocenters. The fraction of sp³-hybridized carbons (Fsp3) is 0.200. The van der Waals surface area contributed by atoms with Crippen LogP contribution in [0.25, 0.3) is 0 Å². The summed E-state index contributed by atoms with van der Waals surface area (Å²) in [6.07, 6.45) is 2.00. The van der Waals surface area contributed by atoms with Gasteiger partial charge in [-0.25, -0.2) is 0 Å². The van der Waals surface area contributed by atoms with Crippen molar-refractivity contribution >= 4 is 38.9 Å². The van der Waals surface area contributed by atoms with Crippen molar-refractivity contribution in [1.82, 2.24) is 0 Å². The third kappa shape index (κ3) is 2.89. The van der Waals surface area contributed by atoms with Crippen molar-refractivity contribution in [3.05, 3.63) is 67.1 Å². The second-order valence-corrected chi connectivity index (χ2v) is 6.32. The maximum Gasteiger partial charge on any atom is 0.271 e. The number of non-ortho nitro benzene ring substituents is 1. The summed E-state index contributed by atoms with van der Waals surface area (Å²) in [5, 5.41) is 14.5. The van der Waals surface area contributed by atoms with Crippen LogP contribution in [0.3, 0.4) is 0 Å².